The summed E-state index contributed by atoms with van der Waals surface area (Å²) >= 11 is 1.31. The molecule has 176 valence electrons. The Hall–Kier alpha value is -4.04. The molecule has 2 heterocycles. The van der Waals surface area contributed by atoms with E-state index in [0.29, 0.717) is 16.4 Å². The first-order chi connectivity index (χ1) is 16.8. The molecule has 6 nitrogen and oxygen atoms in total. The van der Waals surface area contributed by atoms with Crippen molar-refractivity contribution in [3.05, 3.63) is 94.3 Å². The summed E-state index contributed by atoms with van der Waals surface area (Å²) in [6.45, 7) is 3.93. The van der Waals surface area contributed by atoms with Crippen LogP contribution in [0, 0.1) is 19.7 Å². The monoisotopic (exact) mass is 488 g/mol. The molecule has 5 rings (SSSR count). The molecule has 35 heavy (non-hydrogen) atoms. The molecule has 0 spiro atoms. The maximum absolute atomic E-state index is 13.5. The number of hydrogen-bond acceptors (Lipinski definition) is 6. The van der Waals surface area contributed by atoms with Crippen LogP contribution in [-0.4, -0.2) is 28.9 Å². The number of halogens is 1. The number of fused-ring (bicyclic) bond motifs is 1. The molecule has 1 fully saturated rings. The van der Waals surface area contributed by atoms with E-state index in [1.165, 1.54) is 47.6 Å². The smallest absolute Gasteiger partial charge is 0.301 e. The highest BCUT2D eigenvalue weighted by molar-refractivity contribution is 7.22. The Morgan fingerprint density at radius 2 is 1.83 bits per heavy atom. The molecule has 1 aromatic heterocycles. The normalized spacial score (nSPS) is 17.4. The summed E-state index contributed by atoms with van der Waals surface area (Å²) in [5.74, 6) is -1.97. The van der Waals surface area contributed by atoms with Gasteiger partial charge in [0.05, 0.1) is 28.9 Å². The molecule has 0 bridgehead atoms. The minimum Gasteiger partial charge on any atom is -0.507 e. The van der Waals surface area contributed by atoms with Crippen LogP contribution in [0.1, 0.15) is 28.3 Å². The van der Waals surface area contributed by atoms with Gasteiger partial charge in [-0.2, -0.15) is 0 Å². The van der Waals surface area contributed by atoms with Crippen molar-refractivity contribution in [2.24, 2.45) is 0 Å². The molecule has 0 aliphatic carbocycles. The molecular formula is C27H21FN2O4S. The maximum atomic E-state index is 13.5. The van der Waals surface area contributed by atoms with Crippen LogP contribution in [0.15, 0.2) is 66.2 Å². The summed E-state index contributed by atoms with van der Waals surface area (Å²) in [4.78, 5) is 32.7. The van der Waals surface area contributed by atoms with Crippen LogP contribution >= 0.6 is 11.3 Å². The number of Topliss-reactive ketones (excluding diaryl/α,β-unsaturated/α-hetero) is 1. The van der Waals surface area contributed by atoms with Crippen LogP contribution in [0.25, 0.3) is 16.0 Å². The minimum atomic E-state index is -0.947. The van der Waals surface area contributed by atoms with Crippen molar-refractivity contribution in [2.75, 3.05) is 12.0 Å². The van der Waals surface area contributed by atoms with Crippen molar-refractivity contribution in [1.82, 2.24) is 4.98 Å². The fourth-order valence-electron chi connectivity index (χ4n) is 4.38. The van der Waals surface area contributed by atoms with Gasteiger partial charge in [-0.1, -0.05) is 29.5 Å². The number of amides is 1. The predicted molar refractivity (Wildman–Crippen MR) is 133 cm³/mol. The molecule has 8 heteroatoms. The molecule has 1 saturated heterocycles. The molecule has 4 aromatic rings. The van der Waals surface area contributed by atoms with Crippen LogP contribution in [0.4, 0.5) is 9.52 Å². The average Bonchev–Trinajstić information content (AvgIpc) is 3.38. The zero-order valence-electron chi connectivity index (χ0n) is 19.2. The highest BCUT2D eigenvalue weighted by Gasteiger charge is 2.48. The summed E-state index contributed by atoms with van der Waals surface area (Å²) in [5, 5.41) is 11.5. The Morgan fingerprint density at radius 3 is 2.54 bits per heavy atom. The molecule has 1 aliphatic heterocycles. The van der Waals surface area contributed by atoms with E-state index in [1.54, 1.807) is 24.3 Å². The molecule has 3 aromatic carbocycles. The van der Waals surface area contributed by atoms with Gasteiger partial charge in [0.15, 0.2) is 5.13 Å². The number of aliphatic hydroxyl groups excluding tert-OH is 1. The Morgan fingerprint density at radius 1 is 1.09 bits per heavy atom. The lowest BCUT2D eigenvalue weighted by atomic mass is 9.95. The summed E-state index contributed by atoms with van der Waals surface area (Å²) in [7, 11) is 1.52. The first-order valence-corrected chi connectivity index (χ1v) is 11.7. The SMILES string of the molecule is COc1cccc([C@@H]2/C(=C(\O)c3ccc(F)cc3)C(=O)C(=O)N2c2nc3c(C)cc(C)cc3s2)c1. The second-order valence-electron chi connectivity index (χ2n) is 8.38. The number of carbonyl (C=O) groups excluding carboxylic acids is 2. The second-order valence-corrected chi connectivity index (χ2v) is 9.39. The molecule has 1 aliphatic rings. The van der Waals surface area contributed by atoms with Gasteiger partial charge >= 0.3 is 5.91 Å². The van der Waals surface area contributed by atoms with E-state index >= 15 is 0 Å². The van der Waals surface area contributed by atoms with E-state index in [1.807, 2.05) is 26.0 Å². The number of ketones is 1. The number of benzene rings is 3. The number of rotatable bonds is 4. The summed E-state index contributed by atoms with van der Waals surface area (Å²) in [6, 6.07) is 15.1. The molecule has 0 unspecified atom stereocenters. The third-order valence-electron chi connectivity index (χ3n) is 6.00. The molecular weight excluding hydrogens is 467 g/mol. The van der Waals surface area contributed by atoms with Gasteiger partial charge in [-0.25, -0.2) is 9.37 Å². The lowest BCUT2D eigenvalue weighted by molar-refractivity contribution is -0.132. The zero-order valence-corrected chi connectivity index (χ0v) is 20.0. The third kappa shape index (κ3) is 3.85. The number of thiazole rings is 1. The fourth-order valence-corrected chi connectivity index (χ4v) is 5.55. The Kier molecular flexibility index (Phi) is 5.61. The van der Waals surface area contributed by atoms with Crippen molar-refractivity contribution in [1.29, 1.82) is 0 Å². The third-order valence-corrected chi connectivity index (χ3v) is 7.00. The quantitative estimate of drug-likeness (QED) is 0.227. The number of carbonyl (C=O) groups is 2. The van der Waals surface area contributed by atoms with E-state index in [-0.39, 0.29) is 16.9 Å². The Balaban J connectivity index is 1.75. The molecule has 1 atom stereocenters. The Labute approximate surface area is 204 Å². The van der Waals surface area contributed by atoms with Crippen molar-refractivity contribution in [3.63, 3.8) is 0 Å². The molecule has 1 N–H and O–H groups in total. The lowest BCUT2D eigenvalue weighted by Crippen LogP contribution is -2.29. The first-order valence-electron chi connectivity index (χ1n) is 10.9. The lowest BCUT2D eigenvalue weighted by Gasteiger charge is -2.23. The fraction of sp³-hybridized carbons (Fsp3) is 0.148. The van der Waals surface area contributed by atoms with Crippen LogP contribution in [0.3, 0.4) is 0 Å². The summed E-state index contributed by atoms with van der Waals surface area (Å²) in [6.07, 6.45) is 0. The topological polar surface area (TPSA) is 79.7 Å². The number of aryl methyl sites for hydroxylation is 2. The number of anilines is 1. The van der Waals surface area contributed by atoms with Gasteiger partial charge in [0.2, 0.25) is 0 Å². The van der Waals surface area contributed by atoms with Gasteiger partial charge in [-0.15, -0.1) is 0 Å². The van der Waals surface area contributed by atoms with Crippen LogP contribution in [0.5, 0.6) is 5.75 Å². The van der Waals surface area contributed by atoms with Crippen LogP contribution in [0.2, 0.25) is 0 Å². The van der Waals surface area contributed by atoms with Gasteiger partial charge in [-0.05, 0) is 73.0 Å². The molecule has 1 amide bonds. The standard InChI is InChI=1S/C27H21FN2O4S/c1-14-11-15(2)22-20(12-14)35-27(29-22)30-23(17-5-4-6-19(13-17)34-3)21(25(32)26(30)33)24(31)16-7-9-18(28)10-8-16/h4-13,23,31H,1-3H3/b24-21+/t23-/m1/s1. The van der Waals surface area contributed by atoms with Crippen molar-refractivity contribution < 1.29 is 23.8 Å². The van der Waals surface area contributed by atoms with Gasteiger partial charge in [-0.3, -0.25) is 14.5 Å². The number of hydrogen-bond donors (Lipinski definition) is 1. The number of aromatic nitrogens is 1. The highest BCUT2D eigenvalue weighted by Crippen LogP contribution is 2.45. The Bertz CT molecular complexity index is 1520. The van der Waals surface area contributed by atoms with Gasteiger partial charge in [0.25, 0.3) is 5.78 Å². The number of aliphatic hydroxyl groups is 1. The first kappa shape index (κ1) is 22.7. The van der Waals surface area contributed by atoms with Crippen LogP contribution < -0.4 is 9.64 Å². The number of ether oxygens (including phenoxy) is 1. The number of nitrogens with zero attached hydrogens (tertiary/aromatic N) is 2. The van der Waals surface area contributed by atoms with E-state index in [4.69, 9.17) is 9.72 Å². The van der Waals surface area contributed by atoms with Gasteiger partial charge < -0.3 is 9.84 Å². The van der Waals surface area contributed by atoms with Crippen LogP contribution in [-0.2, 0) is 9.59 Å². The van der Waals surface area contributed by atoms with Gasteiger partial charge in [0.1, 0.15) is 17.3 Å². The van der Waals surface area contributed by atoms with E-state index < -0.39 is 23.5 Å². The molecule has 0 radical (unpaired) electrons. The van der Waals surface area contributed by atoms with Crippen molar-refractivity contribution in [3.8, 4) is 5.75 Å². The molecule has 0 saturated carbocycles. The largest absolute Gasteiger partial charge is 0.507 e. The zero-order chi connectivity index (χ0) is 24.9. The van der Waals surface area contributed by atoms with Crippen molar-refractivity contribution in [2.45, 2.75) is 19.9 Å². The van der Waals surface area contributed by atoms with E-state index in [2.05, 4.69) is 0 Å². The summed E-state index contributed by atoms with van der Waals surface area (Å²) in [5.41, 5.74) is 3.48. The summed E-state index contributed by atoms with van der Waals surface area (Å²) < 4.78 is 19.7. The highest BCUT2D eigenvalue weighted by atomic mass is 32.1. The average molecular weight is 489 g/mol. The predicted octanol–water partition coefficient (Wildman–Crippen LogP) is 5.69. The minimum absolute atomic E-state index is 0.0954. The van der Waals surface area contributed by atoms with Gasteiger partial charge in [0, 0.05) is 5.56 Å². The number of methoxy groups -OCH3 is 1. The maximum Gasteiger partial charge on any atom is 0.301 e. The van der Waals surface area contributed by atoms with Crippen molar-refractivity contribution >= 4 is 44.1 Å². The van der Waals surface area contributed by atoms with E-state index in [0.717, 1.165) is 21.3 Å². The second kappa shape index (κ2) is 8.63. The van der Waals surface area contributed by atoms with E-state index in [9.17, 15) is 19.1 Å².